The van der Waals surface area contributed by atoms with Crippen molar-refractivity contribution in [2.75, 3.05) is 13.7 Å². The van der Waals surface area contributed by atoms with Gasteiger partial charge in [0.1, 0.15) is 5.75 Å². The number of nitrogens with zero attached hydrogens (tertiary/aromatic N) is 1. The number of aromatic nitrogens is 1. The van der Waals surface area contributed by atoms with Gasteiger partial charge in [0.25, 0.3) is 0 Å². The lowest BCUT2D eigenvalue weighted by Crippen LogP contribution is -2.41. The molecule has 0 unspecified atom stereocenters. The summed E-state index contributed by atoms with van der Waals surface area (Å²) in [6.45, 7) is 11.6. The van der Waals surface area contributed by atoms with E-state index in [1.165, 1.54) is 11.7 Å². The maximum Gasteiger partial charge on any atom is 0.418 e. The highest BCUT2D eigenvalue weighted by Gasteiger charge is 2.37. The molecule has 1 aromatic heterocycles. The number of rotatable bonds is 4. The fourth-order valence-corrected chi connectivity index (χ4v) is 4.37. The Bertz CT molecular complexity index is 861. The van der Waals surface area contributed by atoms with Crippen LogP contribution in [0.25, 0.3) is 10.9 Å². The Hall–Kier alpha value is -1.79. The second kappa shape index (κ2) is 6.42. The van der Waals surface area contributed by atoms with Crippen LogP contribution in [0, 0.1) is 0 Å². The maximum atomic E-state index is 12.2. The number of carbonyl (C=O) groups is 1. The standard InChI is InChI=1S/C20H29NO4Si/c1-20(2,3)26(5,6)25-12-10-16-17-14(9-11-21(17)19(23)24-4)13-7-8-15(13)18(16)22/h9,11,22H,7-8,10,12H2,1-6H3. The molecule has 0 bridgehead atoms. The van der Waals surface area contributed by atoms with Crippen molar-refractivity contribution in [2.45, 2.75) is 58.2 Å². The minimum Gasteiger partial charge on any atom is -0.507 e. The molecule has 1 aliphatic rings. The van der Waals surface area contributed by atoms with E-state index >= 15 is 0 Å². The van der Waals surface area contributed by atoms with Crippen molar-refractivity contribution in [1.82, 2.24) is 4.57 Å². The third kappa shape index (κ3) is 2.95. The summed E-state index contributed by atoms with van der Waals surface area (Å²) in [6.07, 6.45) is 3.68. The number of aromatic hydroxyl groups is 1. The number of aryl methyl sites for hydroxylation is 1. The van der Waals surface area contributed by atoms with E-state index in [0.29, 0.717) is 18.8 Å². The van der Waals surface area contributed by atoms with Crippen LogP contribution in [0.5, 0.6) is 5.75 Å². The summed E-state index contributed by atoms with van der Waals surface area (Å²) in [5.74, 6) is 0.321. The summed E-state index contributed by atoms with van der Waals surface area (Å²) < 4.78 is 12.7. The Morgan fingerprint density at radius 1 is 1.27 bits per heavy atom. The van der Waals surface area contributed by atoms with Crippen LogP contribution in [0.15, 0.2) is 12.3 Å². The molecule has 0 aliphatic heterocycles. The highest BCUT2D eigenvalue weighted by molar-refractivity contribution is 6.74. The third-order valence-corrected chi connectivity index (χ3v) is 10.6. The van der Waals surface area contributed by atoms with Crippen LogP contribution < -0.4 is 0 Å². The predicted octanol–water partition coefficient (Wildman–Crippen LogP) is 4.62. The van der Waals surface area contributed by atoms with Gasteiger partial charge in [0, 0.05) is 30.2 Å². The van der Waals surface area contributed by atoms with Crippen molar-refractivity contribution in [1.29, 1.82) is 0 Å². The molecule has 0 radical (unpaired) electrons. The third-order valence-electron chi connectivity index (χ3n) is 6.05. The monoisotopic (exact) mass is 375 g/mol. The Balaban J connectivity index is 1.97. The molecule has 0 amide bonds. The number of phenolic OH excluding ortho intramolecular Hbond substituents is 1. The molecule has 1 heterocycles. The summed E-state index contributed by atoms with van der Waals surface area (Å²) in [5.41, 5.74) is 3.70. The van der Waals surface area contributed by atoms with Crippen molar-refractivity contribution in [2.24, 2.45) is 0 Å². The Morgan fingerprint density at radius 3 is 2.46 bits per heavy atom. The number of hydrogen-bond donors (Lipinski definition) is 1. The van der Waals surface area contributed by atoms with E-state index in [0.717, 1.165) is 40.4 Å². The average Bonchev–Trinajstić information content (AvgIpc) is 2.92. The molecule has 0 saturated carbocycles. The average molecular weight is 376 g/mol. The fourth-order valence-electron chi connectivity index (χ4n) is 3.32. The van der Waals surface area contributed by atoms with Gasteiger partial charge >= 0.3 is 6.09 Å². The van der Waals surface area contributed by atoms with Crippen LogP contribution in [0.4, 0.5) is 4.79 Å². The molecule has 0 atom stereocenters. The van der Waals surface area contributed by atoms with Crippen LogP contribution in [-0.2, 0) is 28.4 Å². The number of methoxy groups -OCH3 is 1. The number of fused-ring (bicyclic) bond motifs is 3. The topological polar surface area (TPSA) is 60.7 Å². The molecule has 26 heavy (non-hydrogen) atoms. The minimum absolute atomic E-state index is 0.136. The predicted molar refractivity (Wildman–Crippen MR) is 106 cm³/mol. The van der Waals surface area contributed by atoms with Crippen molar-refractivity contribution >= 4 is 25.3 Å². The highest BCUT2D eigenvalue weighted by atomic mass is 28.4. The minimum atomic E-state index is -1.86. The van der Waals surface area contributed by atoms with Gasteiger partial charge < -0.3 is 14.3 Å². The molecule has 0 spiro atoms. The summed E-state index contributed by atoms with van der Waals surface area (Å²) in [7, 11) is -0.490. The zero-order valence-corrected chi connectivity index (χ0v) is 17.6. The van der Waals surface area contributed by atoms with Crippen molar-refractivity contribution < 1.29 is 19.1 Å². The maximum absolute atomic E-state index is 12.2. The number of benzene rings is 1. The van der Waals surface area contributed by atoms with E-state index in [-0.39, 0.29) is 5.04 Å². The zero-order chi connectivity index (χ0) is 19.3. The Labute approximate surface area is 156 Å². The summed E-state index contributed by atoms with van der Waals surface area (Å²) in [5, 5.41) is 12.0. The van der Waals surface area contributed by atoms with Crippen molar-refractivity contribution in [3.8, 4) is 5.75 Å². The van der Waals surface area contributed by atoms with Gasteiger partial charge in [-0.3, -0.25) is 4.57 Å². The molecule has 0 fully saturated rings. The lowest BCUT2D eigenvalue weighted by molar-refractivity contribution is 0.174. The fraction of sp³-hybridized carbons (Fsp3) is 0.550. The van der Waals surface area contributed by atoms with E-state index in [2.05, 4.69) is 33.9 Å². The number of ether oxygens (including phenoxy) is 1. The van der Waals surface area contributed by atoms with Gasteiger partial charge in [-0.05, 0) is 48.2 Å². The molecule has 1 aliphatic carbocycles. The lowest BCUT2D eigenvalue weighted by Gasteiger charge is -2.36. The molecule has 5 nitrogen and oxygen atoms in total. The van der Waals surface area contributed by atoms with E-state index in [9.17, 15) is 9.90 Å². The van der Waals surface area contributed by atoms with Crippen LogP contribution in [0.1, 0.15) is 37.5 Å². The molecule has 1 aromatic carbocycles. The quantitative estimate of drug-likeness (QED) is 0.792. The first kappa shape index (κ1) is 19.0. The Morgan fingerprint density at radius 2 is 1.92 bits per heavy atom. The first-order valence-electron chi connectivity index (χ1n) is 9.17. The van der Waals surface area contributed by atoms with Gasteiger partial charge in [0.2, 0.25) is 0 Å². The molecule has 2 aromatic rings. The van der Waals surface area contributed by atoms with E-state index in [1.807, 2.05) is 6.07 Å². The van der Waals surface area contributed by atoms with Gasteiger partial charge in [0.05, 0.1) is 12.6 Å². The van der Waals surface area contributed by atoms with Crippen LogP contribution >= 0.6 is 0 Å². The first-order chi connectivity index (χ1) is 12.1. The van der Waals surface area contributed by atoms with Crippen molar-refractivity contribution in [3.63, 3.8) is 0 Å². The highest BCUT2D eigenvalue weighted by Crippen LogP contribution is 2.43. The van der Waals surface area contributed by atoms with Crippen LogP contribution in [-0.4, -0.2) is 37.8 Å². The van der Waals surface area contributed by atoms with Gasteiger partial charge in [-0.1, -0.05) is 20.8 Å². The summed E-state index contributed by atoms with van der Waals surface area (Å²) >= 11 is 0. The number of hydrogen-bond acceptors (Lipinski definition) is 4. The van der Waals surface area contributed by atoms with Gasteiger partial charge in [-0.2, -0.15) is 0 Å². The summed E-state index contributed by atoms with van der Waals surface area (Å²) in [4.78, 5) is 12.2. The first-order valence-corrected chi connectivity index (χ1v) is 12.1. The largest absolute Gasteiger partial charge is 0.507 e. The number of phenols is 1. The molecule has 0 saturated heterocycles. The molecular weight excluding hydrogens is 346 g/mol. The molecular formula is C20H29NO4Si. The van der Waals surface area contributed by atoms with Gasteiger partial charge in [0.15, 0.2) is 8.32 Å². The van der Waals surface area contributed by atoms with E-state index < -0.39 is 14.4 Å². The zero-order valence-electron chi connectivity index (χ0n) is 16.6. The van der Waals surface area contributed by atoms with E-state index in [1.54, 1.807) is 6.20 Å². The van der Waals surface area contributed by atoms with Gasteiger partial charge in [-0.25, -0.2) is 4.79 Å². The number of carbonyl (C=O) groups excluding carboxylic acids is 1. The molecule has 6 heteroatoms. The second-order valence-electron chi connectivity index (χ2n) is 8.56. The normalized spacial score (nSPS) is 14.2. The molecule has 3 rings (SSSR count). The van der Waals surface area contributed by atoms with E-state index in [4.69, 9.17) is 9.16 Å². The summed E-state index contributed by atoms with van der Waals surface area (Å²) in [6, 6.07) is 1.95. The second-order valence-corrected chi connectivity index (χ2v) is 13.4. The molecule has 142 valence electrons. The SMILES string of the molecule is COC(=O)n1ccc2c3c(c(O)c(CCO[Si](C)(C)C(C)(C)C)c21)CC3. The van der Waals surface area contributed by atoms with Crippen LogP contribution in [0.3, 0.4) is 0 Å². The lowest BCUT2D eigenvalue weighted by atomic mass is 9.82. The van der Waals surface area contributed by atoms with Crippen LogP contribution in [0.2, 0.25) is 18.1 Å². The molecule has 1 N–H and O–H groups in total. The smallest absolute Gasteiger partial charge is 0.418 e. The van der Waals surface area contributed by atoms with Gasteiger partial charge in [-0.15, -0.1) is 0 Å². The Kier molecular flexibility index (Phi) is 4.69. The van der Waals surface area contributed by atoms with Crippen molar-refractivity contribution in [3.05, 3.63) is 29.0 Å².